The van der Waals surface area contributed by atoms with Crippen molar-refractivity contribution in [1.29, 1.82) is 0 Å². The molecule has 0 fully saturated rings. The summed E-state index contributed by atoms with van der Waals surface area (Å²) in [6, 6.07) is 30.3. The first-order chi connectivity index (χ1) is 23.9. The molecule has 8 aromatic rings. The van der Waals surface area contributed by atoms with Crippen molar-refractivity contribution < 1.29 is 26.3 Å². The summed E-state index contributed by atoms with van der Waals surface area (Å²) in [5, 5.41) is 2.93. The maximum Gasteiger partial charge on any atom is 0.418 e. The fraction of sp³-hybridized carbons (Fsp3) is 0.0976. The van der Waals surface area contributed by atoms with E-state index in [0.717, 1.165) is 45.5 Å². The second-order valence-corrected chi connectivity index (χ2v) is 12.3. The fourth-order valence-electron chi connectivity index (χ4n) is 7.44. The van der Waals surface area contributed by atoms with Crippen molar-refractivity contribution in [1.82, 2.24) is 9.13 Å². The van der Waals surface area contributed by atoms with E-state index in [2.05, 4.69) is 4.85 Å². The van der Waals surface area contributed by atoms with E-state index < -0.39 is 29.0 Å². The third kappa shape index (κ3) is 4.59. The third-order valence-electron chi connectivity index (χ3n) is 9.45. The number of aryl methyl sites for hydroxylation is 2. The second-order valence-electron chi connectivity index (χ2n) is 12.3. The Labute approximate surface area is 282 Å². The number of alkyl halides is 6. The van der Waals surface area contributed by atoms with Crippen molar-refractivity contribution in [2.45, 2.75) is 26.2 Å². The van der Waals surface area contributed by atoms with Crippen LogP contribution in [0.25, 0.3) is 71.0 Å². The van der Waals surface area contributed by atoms with Gasteiger partial charge in [0.15, 0.2) is 5.69 Å². The fourth-order valence-corrected chi connectivity index (χ4v) is 7.44. The second kappa shape index (κ2) is 11.0. The summed E-state index contributed by atoms with van der Waals surface area (Å²) in [5.41, 5.74) is 0.0449. The van der Waals surface area contributed by atoms with Gasteiger partial charge in [-0.25, -0.2) is 4.85 Å². The number of halogens is 6. The van der Waals surface area contributed by atoms with Gasteiger partial charge in [-0.3, -0.25) is 0 Å². The highest BCUT2D eigenvalue weighted by molar-refractivity contribution is 6.13. The molecule has 0 N–H and O–H groups in total. The van der Waals surface area contributed by atoms with Crippen LogP contribution in [0, 0.1) is 20.4 Å². The summed E-state index contributed by atoms with van der Waals surface area (Å²) in [6.45, 7) is 11.7. The van der Waals surface area contributed by atoms with Crippen LogP contribution in [-0.2, 0) is 12.4 Å². The van der Waals surface area contributed by atoms with Crippen molar-refractivity contribution >= 4 is 49.3 Å². The van der Waals surface area contributed by atoms with Crippen LogP contribution < -0.4 is 0 Å². The molecule has 0 saturated carbocycles. The van der Waals surface area contributed by atoms with Gasteiger partial charge in [-0.1, -0.05) is 78.9 Å². The lowest BCUT2D eigenvalue weighted by molar-refractivity contribution is -0.138. The number of hydrogen-bond donors (Lipinski definition) is 0. The first kappa shape index (κ1) is 31.3. The molecule has 0 bridgehead atoms. The highest BCUT2D eigenvalue weighted by atomic mass is 19.4. The number of para-hydroxylation sites is 2. The Hall–Kier alpha value is -6.01. The molecule has 8 rings (SSSR count). The van der Waals surface area contributed by atoms with Gasteiger partial charge >= 0.3 is 12.4 Å². The minimum Gasteiger partial charge on any atom is -0.309 e. The van der Waals surface area contributed by atoms with E-state index in [4.69, 9.17) is 6.57 Å². The molecule has 2 aromatic heterocycles. The zero-order valence-corrected chi connectivity index (χ0v) is 26.6. The van der Waals surface area contributed by atoms with Crippen molar-refractivity contribution in [3.8, 4) is 22.5 Å². The summed E-state index contributed by atoms with van der Waals surface area (Å²) in [6.07, 6.45) is -9.84. The summed E-state index contributed by atoms with van der Waals surface area (Å²) >= 11 is 0. The average Bonchev–Trinajstić information content (AvgIpc) is 3.61. The van der Waals surface area contributed by atoms with E-state index in [1.165, 1.54) is 16.7 Å². The predicted molar refractivity (Wildman–Crippen MR) is 186 cm³/mol. The van der Waals surface area contributed by atoms with Crippen LogP contribution in [-0.4, -0.2) is 9.13 Å². The topological polar surface area (TPSA) is 14.2 Å². The van der Waals surface area contributed by atoms with Crippen LogP contribution in [0.15, 0.2) is 115 Å². The van der Waals surface area contributed by atoms with Crippen LogP contribution in [0.2, 0.25) is 0 Å². The monoisotopic (exact) mass is 673 g/mol. The quantitative estimate of drug-likeness (QED) is 0.131. The number of fused-ring (bicyclic) bond motifs is 6. The Morgan fingerprint density at radius 3 is 1.52 bits per heavy atom. The number of hydrogen-bond acceptors (Lipinski definition) is 0. The Balaban J connectivity index is 1.64. The van der Waals surface area contributed by atoms with E-state index in [-0.39, 0.29) is 22.6 Å². The standard InChI is InChI=1S/C41H25F6N3/c1-23-11-8-19-33-37(23)25-13-4-6-17-31(25)49(33)35-22-29(41(45,46)47)36(21-27(35)39-28(40(42,43)44)15-10-16-30(39)48-3)50-32-18-7-5-14-26(32)38-24(2)12-9-20-34(38)50/h4-22H,1-2H3. The zero-order chi connectivity index (χ0) is 35.1. The van der Waals surface area contributed by atoms with E-state index >= 15 is 13.2 Å². The van der Waals surface area contributed by atoms with Crippen molar-refractivity contribution in [3.63, 3.8) is 0 Å². The molecule has 6 aromatic carbocycles. The first-order valence-electron chi connectivity index (χ1n) is 15.7. The minimum absolute atomic E-state index is 0.128. The summed E-state index contributed by atoms with van der Waals surface area (Å²) < 4.78 is 94.3. The van der Waals surface area contributed by atoms with Gasteiger partial charge in [0, 0.05) is 27.1 Å². The van der Waals surface area contributed by atoms with Crippen molar-refractivity contribution in [3.05, 3.63) is 149 Å². The number of nitrogens with zero attached hydrogens (tertiary/aromatic N) is 3. The van der Waals surface area contributed by atoms with Gasteiger partial charge in [0.2, 0.25) is 0 Å². The number of rotatable bonds is 3. The summed E-state index contributed by atoms with van der Waals surface area (Å²) in [5.74, 6) is 0. The first-order valence-corrected chi connectivity index (χ1v) is 15.7. The van der Waals surface area contributed by atoms with E-state index in [0.29, 0.717) is 27.5 Å². The average molecular weight is 674 g/mol. The molecule has 2 heterocycles. The largest absolute Gasteiger partial charge is 0.418 e. The van der Waals surface area contributed by atoms with Gasteiger partial charge in [-0.2, -0.15) is 26.3 Å². The van der Waals surface area contributed by atoms with Crippen molar-refractivity contribution in [2.24, 2.45) is 0 Å². The maximum absolute atomic E-state index is 15.5. The molecule has 0 unspecified atom stereocenters. The minimum atomic E-state index is -4.93. The molecule has 3 nitrogen and oxygen atoms in total. The Bertz CT molecular complexity index is 2720. The molecule has 0 aliphatic carbocycles. The molecule has 0 amide bonds. The Kier molecular flexibility index (Phi) is 6.88. The molecule has 9 heteroatoms. The molecule has 246 valence electrons. The molecule has 0 radical (unpaired) electrons. The molecule has 0 saturated heterocycles. The Morgan fingerprint density at radius 1 is 0.520 bits per heavy atom. The molecular weight excluding hydrogens is 648 g/mol. The van der Waals surface area contributed by atoms with Gasteiger partial charge in [-0.15, -0.1) is 0 Å². The molecular formula is C41H25F6N3. The van der Waals surface area contributed by atoms with Crippen LogP contribution in [0.5, 0.6) is 0 Å². The van der Waals surface area contributed by atoms with E-state index in [1.807, 2.05) is 44.2 Å². The Morgan fingerprint density at radius 2 is 1.00 bits per heavy atom. The normalized spacial score (nSPS) is 12.4. The third-order valence-corrected chi connectivity index (χ3v) is 9.45. The highest BCUT2D eigenvalue weighted by Crippen LogP contribution is 2.49. The molecule has 50 heavy (non-hydrogen) atoms. The lowest BCUT2D eigenvalue weighted by atomic mass is 9.93. The van der Waals surface area contributed by atoms with Crippen molar-refractivity contribution in [2.75, 3.05) is 0 Å². The van der Waals surface area contributed by atoms with E-state index in [9.17, 15) is 13.2 Å². The SMILES string of the molecule is [C-]#[N+]c1cccc(C(F)(F)F)c1-c1cc(-n2c3ccccc3c3c(C)cccc32)c(C(F)(F)F)cc1-n1c2ccccc2c2c(C)cccc21. The molecule has 0 atom stereocenters. The summed E-state index contributed by atoms with van der Waals surface area (Å²) in [7, 11) is 0. The van der Waals surface area contributed by atoms with Crippen LogP contribution in [0.3, 0.4) is 0 Å². The van der Waals surface area contributed by atoms with E-state index in [1.54, 1.807) is 59.2 Å². The van der Waals surface area contributed by atoms with Gasteiger partial charge in [0.05, 0.1) is 51.1 Å². The number of aromatic nitrogens is 2. The maximum atomic E-state index is 15.5. The molecule has 0 aliphatic rings. The lowest BCUT2D eigenvalue weighted by Crippen LogP contribution is -2.14. The molecule has 0 spiro atoms. The van der Waals surface area contributed by atoms with Crippen LogP contribution in [0.1, 0.15) is 22.3 Å². The predicted octanol–water partition coefficient (Wildman–Crippen LogP) is 12.8. The smallest absolute Gasteiger partial charge is 0.309 e. The number of benzene rings is 6. The summed E-state index contributed by atoms with van der Waals surface area (Å²) in [4.78, 5) is 3.47. The van der Waals surface area contributed by atoms with Crippen LogP contribution in [0.4, 0.5) is 32.0 Å². The van der Waals surface area contributed by atoms with Gasteiger partial charge < -0.3 is 9.13 Å². The zero-order valence-electron chi connectivity index (χ0n) is 26.6. The van der Waals surface area contributed by atoms with Gasteiger partial charge in [0.1, 0.15) is 0 Å². The lowest BCUT2D eigenvalue weighted by Gasteiger charge is -2.24. The van der Waals surface area contributed by atoms with Crippen LogP contribution >= 0.6 is 0 Å². The highest BCUT2D eigenvalue weighted by Gasteiger charge is 2.39. The van der Waals surface area contributed by atoms with Gasteiger partial charge in [0.25, 0.3) is 0 Å². The van der Waals surface area contributed by atoms with Gasteiger partial charge in [-0.05, 0) is 66.9 Å². The molecule has 0 aliphatic heterocycles.